The van der Waals surface area contributed by atoms with Gasteiger partial charge in [0.25, 0.3) is 0 Å². The third-order valence-electron chi connectivity index (χ3n) is 2.67. The van der Waals surface area contributed by atoms with Crippen LogP contribution in [0.25, 0.3) is 21.8 Å². The molecule has 0 spiro atoms. The third-order valence-corrected chi connectivity index (χ3v) is 2.67. The predicted octanol–water partition coefficient (Wildman–Crippen LogP) is 2.65. The number of fused-ring (bicyclic) bond motifs is 3. The first-order valence-electron chi connectivity index (χ1n) is 4.71. The highest BCUT2D eigenvalue weighted by Crippen LogP contribution is 2.27. The zero-order chi connectivity index (χ0) is 10.4. The topological polar surface area (TPSA) is 30.9 Å². The summed E-state index contributed by atoms with van der Waals surface area (Å²) < 4.78 is 14.7. The third kappa shape index (κ3) is 1.03. The molecule has 3 heteroatoms. The zero-order valence-electron chi connectivity index (χ0n) is 7.94. The number of hydrogen-bond acceptors (Lipinski definition) is 1. The summed E-state index contributed by atoms with van der Waals surface area (Å²) in [5.41, 5.74) is 1.76. The molecule has 0 aliphatic carbocycles. The van der Waals surface area contributed by atoms with Gasteiger partial charge in [-0.1, -0.05) is 18.2 Å². The number of aromatic nitrogens is 1. The normalized spacial score (nSPS) is 11.3. The van der Waals surface area contributed by atoms with Crippen LogP contribution in [0.3, 0.4) is 0 Å². The van der Waals surface area contributed by atoms with Crippen LogP contribution in [-0.4, -0.2) is 4.68 Å². The highest BCUT2D eigenvalue weighted by Gasteiger charge is 2.07. The Balaban J connectivity index is 2.64. The van der Waals surface area contributed by atoms with Gasteiger partial charge in [-0.05, 0) is 24.3 Å². The van der Waals surface area contributed by atoms with Crippen molar-refractivity contribution in [3.8, 4) is 0 Å². The molecule has 0 saturated heterocycles. The lowest BCUT2D eigenvalue weighted by atomic mass is 10.1. The number of rotatable bonds is 0. The second-order valence-electron chi connectivity index (χ2n) is 3.55. The second kappa shape index (κ2) is 2.73. The number of hydrogen-bond donors (Lipinski definition) is 1. The molecule has 0 amide bonds. The molecule has 2 aromatic carbocycles. The van der Waals surface area contributed by atoms with Gasteiger partial charge in [-0.15, -0.1) is 0 Å². The minimum absolute atomic E-state index is 0.237. The Morgan fingerprint density at radius 3 is 2.53 bits per heavy atom. The lowest BCUT2D eigenvalue weighted by Crippen LogP contribution is -2.06. The summed E-state index contributed by atoms with van der Waals surface area (Å²) in [6.45, 7) is 0. The Labute approximate surface area is 85.7 Å². The van der Waals surface area contributed by atoms with Gasteiger partial charge in [0.05, 0.1) is 11.0 Å². The summed E-state index contributed by atoms with van der Waals surface area (Å²) in [6, 6.07) is 12.3. The first kappa shape index (κ1) is 8.29. The average Bonchev–Trinajstić information content (AvgIpc) is 2.54. The summed E-state index contributed by atoms with van der Waals surface area (Å²) in [4.78, 5) is 0. The molecule has 2 N–H and O–H groups in total. The van der Waals surface area contributed by atoms with Gasteiger partial charge in [-0.25, -0.2) is 4.39 Å². The van der Waals surface area contributed by atoms with Crippen LogP contribution in [0.5, 0.6) is 0 Å². The van der Waals surface area contributed by atoms with E-state index in [-0.39, 0.29) is 5.82 Å². The molecule has 0 saturated carbocycles. The minimum Gasteiger partial charge on any atom is -0.339 e. The lowest BCUT2D eigenvalue weighted by Gasteiger charge is -1.96. The number of halogens is 1. The van der Waals surface area contributed by atoms with E-state index in [4.69, 9.17) is 5.84 Å². The van der Waals surface area contributed by atoms with Crippen molar-refractivity contribution in [2.45, 2.75) is 0 Å². The standard InChI is InChI=1S/C12H9FN2/c13-8-5-6-12-10(7-8)9-3-1-2-4-11(9)15(12)14/h1-7H,14H2. The van der Waals surface area contributed by atoms with Crippen LogP contribution in [0.1, 0.15) is 0 Å². The largest absolute Gasteiger partial charge is 0.339 e. The molecule has 0 fully saturated rings. The molecule has 2 nitrogen and oxygen atoms in total. The maximum atomic E-state index is 13.1. The van der Waals surface area contributed by atoms with Crippen molar-refractivity contribution in [1.29, 1.82) is 0 Å². The summed E-state index contributed by atoms with van der Waals surface area (Å²) in [7, 11) is 0. The van der Waals surface area contributed by atoms with E-state index in [0.717, 1.165) is 21.8 Å². The zero-order valence-corrected chi connectivity index (χ0v) is 7.94. The van der Waals surface area contributed by atoms with E-state index in [1.807, 2.05) is 24.3 Å². The highest BCUT2D eigenvalue weighted by atomic mass is 19.1. The van der Waals surface area contributed by atoms with Crippen molar-refractivity contribution >= 4 is 21.8 Å². The first-order chi connectivity index (χ1) is 7.27. The monoisotopic (exact) mass is 200 g/mol. The quantitative estimate of drug-likeness (QED) is 0.556. The highest BCUT2D eigenvalue weighted by molar-refractivity contribution is 6.07. The molecule has 1 heterocycles. The number of nitrogens with two attached hydrogens (primary N) is 1. The predicted molar refractivity (Wildman–Crippen MR) is 59.6 cm³/mol. The number of nitrogens with zero attached hydrogens (tertiary/aromatic N) is 1. The van der Waals surface area contributed by atoms with E-state index in [0.29, 0.717) is 0 Å². The van der Waals surface area contributed by atoms with E-state index in [9.17, 15) is 4.39 Å². The maximum absolute atomic E-state index is 13.1. The van der Waals surface area contributed by atoms with Crippen molar-refractivity contribution in [1.82, 2.24) is 4.68 Å². The van der Waals surface area contributed by atoms with E-state index in [1.165, 1.54) is 12.1 Å². The Morgan fingerprint density at radius 1 is 0.933 bits per heavy atom. The van der Waals surface area contributed by atoms with Crippen LogP contribution in [0.4, 0.5) is 4.39 Å². The molecule has 1 aromatic heterocycles. The van der Waals surface area contributed by atoms with Crippen molar-refractivity contribution < 1.29 is 4.39 Å². The molecule has 0 aliphatic heterocycles. The molecule has 0 aliphatic rings. The molecule has 15 heavy (non-hydrogen) atoms. The fraction of sp³-hybridized carbons (Fsp3) is 0. The van der Waals surface area contributed by atoms with E-state index < -0.39 is 0 Å². The van der Waals surface area contributed by atoms with Gasteiger partial charge in [0.1, 0.15) is 5.82 Å². The molecule has 0 radical (unpaired) electrons. The lowest BCUT2D eigenvalue weighted by molar-refractivity contribution is 0.629. The molecule has 0 unspecified atom stereocenters. The van der Waals surface area contributed by atoms with Crippen molar-refractivity contribution in [3.63, 3.8) is 0 Å². The summed E-state index contributed by atoms with van der Waals surface area (Å²) in [6.07, 6.45) is 0. The Bertz CT molecular complexity index is 655. The van der Waals surface area contributed by atoms with Crippen LogP contribution in [-0.2, 0) is 0 Å². The van der Waals surface area contributed by atoms with Crippen LogP contribution < -0.4 is 5.84 Å². The van der Waals surface area contributed by atoms with Crippen LogP contribution >= 0.6 is 0 Å². The van der Waals surface area contributed by atoms with E-state index >= 15 is 0 Å². The number of benzene rings is 2. The fourth-order valence-electron chi connectivity index (χ4n) is 1.98. The Morgan fingerprint density at radius 2 is 1.67 bits per heavy atom. The van der Waals surface area contributed by atoms with Gasteiger partial charge in [0.2, 0.25) is 0 Å². The average molecular weight is 200 g/mol. The van der Waals surface area contributed by atoms with Crippen molar-refractivity contribution in [2.24, 2.45) is 0 Å². The van der Waals surface area contributed by atoms with Gasteiger partial charge in [0, 0.05) is 10.8 Å². The molecule has 3 aromatic rings. The molecular formula is C12H9FN2. The van der Waals surface area contributed by atoms with Gasteiger partial charge in [-0.3, -0.25) is 4.68 Å². The van der Waals surface area contributed by atoms with Gasteiger partial charge in [-0.2, -0.15) is 0 Å². The van der Waals surface area contributed by atoms with Crippen LogP contribution in [0, 0.1) is 5.82 Å². The van der Waals surface area contributed by atoms with Crippen LogP contribution in [0.15, 0.2) is 42.5 Å². The summed E-state index contributed by atoms with van der Waals surface area (Å²) >= 11 is 0. The minimum atomic E-state index is -0.237. The SMILES string of the molecule is Nn1c2ccccc2c2cc(F)ccc21. The van der Waals surface area contributed by atoms with Gasteiger partial charge < -0.3 is 5.84 Å². The molecule has 0 bridgehead atoms. The Hall–Kier alpha value is -2.03. The second-order valence-corrected chi connectivity index (χ2v) is 3.55. The maximum Gasteiger partial charge on any atom is 0.123 e. The van der Waals surface area contributed by atoms with Crippen molar-refractivity contribution in [2.75, 3.05) is 5.84 Å². The van der Waals surface area contributed by atoms with Gasteiger partial charge in [0.15, 0.2) is 0 Å². The smallest absolute Gasteiger partial charge is 0.123 e. The molecule has 3 rings (SSSR count). The molecular weight excluding hydrogens is 191 g/mol. The van der Waals surface area contributed by atoms with E-state index in [2.05, 4.69) is 0 Å². The van der Waals surface area contributed by atoms with Crippen molar-refractivity contribution in [3.05, 3.63) is 48.3 Å². The fourth-order valence-corrected chi connectivity index (χ4v) is 1.98. The van der Waals surface area contributed by atoms with Gasteiger partial charge >= 0.3 is 0 Å². The molecule has 74 valence electrons. The van der Waals surface area contributed by atoms with Crippen LogP contribution in [0.2, 0.25) is 0 Å². The number of nitrogen functional groups attached to an aromatic ring is 1. The Kier molecular flexibility index (Phi) is 1.51. The number of para-hydroxylation sites is 1. The summed E-state index contributed by atoms with van der Waals surface area (Å²) in [5.74, 6) is 5.68. The van der Waals surface area contributed by atoms with E-state index in [1.54, 1.807) is 10.7 Å². The molecule has 0 atom stereocenters. The summed E-state index contributed by atoms with van der Waals surface area (Å²) in [5, 5.41) is 1.84. The first-order valence-corrected chi connectivity index (χ1v) is 4.71.